The van der Waals surface area contributed by atoms with Gasteiger partial charge in [0.1, 0.15) is 62.8 Å². The molecule has 0 radical (unpaired) electrons. The van der Waals surface area contributed by atoms with E-state index >= 15 is 0 Å². The Morgan fingerprint density at radius 1 is 0.333 bits per heavy atom. The molecule has 0 nitrogen and oxygen atoms in total. The number of fused-ring (bicyclic) bond motifs is 6. The molecule has 9 heteroatoms. The number of thiophene rings is 1. The first-order chi connectivity index (χ1) is 24.7. The Kier molecular flexibility index (Phi) is 7.53. The van der Waals surface area contributed by atoms with E-state index in [0.29, 0.717) is 0 Å². The molecule has 51 heavy (non-hydrogen) atoms. The molecule has 1 aromatic heterocycles. The second kappa shape index (κ2) is 11.9. The summed E-state index contributed by atoms with van der Waals surface area (Å²) < 4.78 is 2.69. The maximum Gasteiger partial charge on any atom is 0.139 e. The van der Waals surface area contributed by atoms with Crippen LogP contribution in [0.1, 0.15) is 0 Å². The van der Waals surface area contributed by atoms with E-state index in [1.165, 1.54) is 130 Å². The molecule has 0 fully saturated rings. The van der Waals surface area contributed by atoms with Gasteiger partial charge in [0.15, 0.2) is 0 Å². The highest BCUT2D eigenvalue weighted by atomic mass is 32.1. The van der Waals surface area contributed by atoms with Crippen LogP contribution in [0, 0.1) is 0 Å². The molecule has 9 aromatic rings. The van der Waals surface area contributed by atoms with Crippen molar-refractivity contribution in [1.29, 1.82) is 0 Å². The molecule has 0 aliphatic rings. The highest BCUT2D eigenvalue weighted by Gasteiger charge is 2.25. The van der Waals surface area contributed by atoms with Gasteiger partial charge < -0.3 is 0 Å². The first-order valence-electron chi connectivity index (χ1n) is 18.1. The predicted octanol–water partition coefficient (Wildman–Crippen LogP) is -1.42. The average Bonchev–Trinajstić information content (AvgIpc) is 3.54. The first-order valence-corrected chi connectivity index (χ1v) is 18.9. The van der Waals surface area contributed by atoms with Gasteiger partial charge in [-0.3, -0.25) is 0 Å². The van der Waals surface area contributed by atoms with Crippen LogP contribution in [0.25, 0.3) is 85.9 Å². The molecule has 0 saturated heterocycles. The number of hydrogen-bond donors (Lipinski definition) is 0. The smallest absolute Gasteiger partial charge is 0.135 e. The van der Waals surface area contributed by atoms with Crippen LogP contribution in [0.2, 0.25) is 0 Å². The van der Waals surface area contributed by atoms with E-state index in [1.54, 1.807) is 0 Å². The second-order valence-electron chi connectivity index (χ2n) is 14.7. The van der Waals surface area contributed by atoms with Crippen LogP contribution in [-0.4, -0.2) is 62.8 Å². The van der Waals surface area contributed by atoms with Crippen molar-refractivity contribution in [3.8, 4) is 33.4 Å². The lowest BCUT2D eigenvalue weighted by Crippen LogP contribution is -2.50. The molecule has 0 aliphatic heterocycles. The summed E-state index contributed by atoms with van der Waals surface area (Å²) >= 11 is 1.88. The van der Waals surface area contributed by atoms with Crippen LogP contribution in [0.15, 0.2) is 109 Å². The van der Waals surface area contributed by atoms with E-state index in [2.05, 4.69) is 172 Å². The Bertz CT molecular complexity index is 2860. The maximum atomic E-state index is 2.38. The van der Waals surface area contributed by atoms with Gasteiger partial charge in [-0.15, -0.1) is 33.2 Å². The number of rotatable bonds is 3. The fourth-order valence-corrected chi connectivity index (χ4v) is 10.0. The molecular formula is C42H34B8S. The third-order valence-electron chi connectivity index (χ3n) is 12.3. The van der Waals surface area contributed by atoms with Gasteiger partial charge in [-0.05, 0) is 77.8 Å². The van der Waals surface area contributed by atoms with Gasteiger partial charge in [0, 0.05) is 20.2 Å². The Morgan fingerprint density at radius 3 is 1.43 bits per heavy atom. The zero-order valence-corrected chi connectivity index (χ0v) is 31.6. The third kappa shape index (κ3) is 4.70. The van der Waals surface area contributed by atoms with Crippen LogP contribution < -0.4 is 43.7 Å². The lowest BCUT2D eigenvalue weighted by Gasteiger charge is -2.28. The van der Waals surface area contributed by atoms with Crippen molar-refractivity contribution in [2.75, 3.05) is 0 Å². The molecule has 1 heterocycles. The highest BCUT2D eigenvalue weighted by molar-refractivity contribution is 7.25. The molecule has 0 N–H and O–H groups in total. The first kappa shape index (κ1) is 32.2. The van der Waals surface area contributed by atoms with Crippen molar-refractivity contribution in [2.45, 2.75) is 0 Å². The zero-order chi connectivity index (χ0) is 35.3. The standard InChI is InChI=1S/C42H34B8S/c43-35-31-29(21-14-12-19(13-15-21)22-16-17-25-24-9-3-4-11-27(24)51-28(25)18-22)32-34(38(46)42(50)40(48)36(32)44)30(33(31)37(45)41(49)39(35)47)26-10-5-7-20-6-1-2-8-23(20)26/h1-18H,43-50H2. The van der Waals surface area contributed by atoms with Gasteiger partial charge in [0.2, 0.25) is 0 Å². The SMILES string of the molecule is Bc1c(B)c(B)c2c(-c3cccc4ccccc34)c3c(B)c(B)c(B)c(B)c3c(-c3ccc(-c4ccc5c(c4)sc4ccccc45)cc3)c2c1B. The Hall–Kier alpha value is -4.72. The molecular weight excluding hydrogens is 623 g/mol. The van der Waals surface area contributed by atoms with Crippen LogP contribution >= 0.6 is 11.3 Å². The van der Waals surface area contributed by atoms with Gasteiger partial charge >= 0.3 is 0 Å². The fourth-order valence-electron chi connectivity index (χ4n) is 8.86. The van der Waals surface area contributed by atoms with Gasteiger partial charge in [-0.25, -0.2) is 0 Å². The van der Waals surface area contributed by atoms with E-state index in [0.717, 1.165) is 0 Å². The minimum atomic E-state index is 1.25. The molecule has 8 aromatic carbocycles. The zero-order valence-electron chi connectivity index (χ0n) is 30.8. The maximum absolute atomic E-state index is 2.38. The van der Waals surface area contributed by atoms with E-state index in [-0.39, 0.29) is 0 Å². The largest absolute Gasteiger partial charge is 0.139 e. The summed E-state index contributed by atoms with van der Waals surface area (Å²) in [4.78, 5) is 0. The van der Waals surface area contributed by atoms with E-state index < -0.39 is 0 Å². The molecule has 9 rings (SSSR count). The van der Waals surface area contributed by atoms with Crippen LogP contribution in [0.3, 0.4) is 0 Å². The summed E-state index contributed by atoms with van der Waals surface area (Å²) in [6, 6.07) is 40.9. The summed E-state index contributed by atoms with van der Waals surface area (Å²) in [6.45, 7) is 0. The van der Waals surface area contributed by atoms with Gasteiger partial charge in [0.25, 0.3) is 0 Å². The minimum absolute atomic E-state index is 1.25. The van der Waals surface area contributed by atoms with Crippen molar-refractivity contribution in [2.24, 2.45) is 0 Å². The number of hydrogen-bond acceptors (Lipinski definition) is 1. The molecule has 0 saturated carbocycles. The Balaban J connectivity index is 1.39. The van der Waals surface area contributed by atoms with Crippen molar-refractivity contribution >= 4 is 170 Å². The summed E-state index contributed by atoms with van der Waals surface area (Å²) in [5, 5.41) is 10.8. The summed E-state index contributed by atoms with van der Waals surface area (Å²) in [6.07, 6.45) is 0. The predicted molar refractivity (Wildman–Crippen MR) is 254 cm³/mol. The number of benzene rings is 8. The average molecular weight is 657 g/mol. The summed E-state index contributed by atoms with van der Waals surface area (Å²) in [7, 11) is 18.7. The fraction of sp³-hybridized carbons (Fsp3) is 0. The van der Waals surface area contributed by atoms with Crippen molar-refractivity contribution < 1.29 is 0 Å². The monoisotopic (exact) mass is 658 g/mol. The molecule has 0 unspecified atom stereocenters. The van der Waals surface area contributed by atoms with Gasteiger partial charge in [-0.2, -0.15) is 0 Å². The van der Waals surface area contributed by atoms with E-state index in [4.69, 9.17) is 0 Å². The highest BCUT2D eigenvalue weighted by Crippen LogP contribution is 2.43. The van der Waals surface area contributed by atoms with E-state index in [9.17, 15) is 0 Å². The van der Waals surface area contributed by atoms with Crippen molar-refractivity contribution in [3.63, 3.8) is 0 Å². The van der Waals surface area contributed by atoms with Gasteiger partial charge in [0.05, 0.1) is 0 Å². The quantitative estimate of drug-likeness (QED) is 0.162. The molecule has 232 valence electrons. The van der Waals surface area contributed by atoms with Crippen molar-refractivity contribution in [1.82, 2.24) is 0 Å². The normalized spacial score (nSPS) is 11.8. The minimum Gasteiger partial charge on any atom is -0.135 e. The van der Waals surface area contributed by atoms with Crippen LogP contribution in [0.5, 0.6) is 0 Å². The van der Waals surface area contributed by atoms with E-state index in [1.807, 2.05) is 11.3 Å². The molecule has 0 atom stereocenters. The second-order valence-corrected chi connectivity index (χ2v) is 15.7. The molecule has 0 bridgehead atoms. The third-order valence-corrected chi connectivity index (χ3v) is 13.5. The Morgan fingerprint density at radius 2 is 0.804 bits per heavy atom. The summed E-state index contributed by atoms with van der Waals surface area (Å²) in [5.41, 5.74) is 18.9. The van der Waals surface area contributed by atoms with Crippen LogP contribution in [0.4, 0.5) is 0 Å². The summed E-state index contributed by atoms with van der Waals surface area (Å²) in [5.74, 6) is 0. The molecule has 0 spiro atoms. The van der Waals surface area contributed by atoms with Gasteiger partial charge in [-0.1, -0.05) is 119 Å². The Labute approximate surface area is 311 Å². The van der Waals surface area contributed by atoms with Crippen LogP contribution in [-0.2, 0) is 0 Å². The molecule has 0 aliphatic carbocycles. The lowest BCUT2D eigenvalue weighted by molar-refractivity contribution is 1.65. The lowest BCUT2D eigenvalue weighted by atomic mass is 9.59. The van der Waals surface area contributed by atoms with Crippen molar-refractivity contribution in [3.05, 3.63) is 109 Å². The topological polar surface area (TPSA) is 0 Å². The molecule has 0 amide bonds.